The first-order valence-electron chi connectivity index (χ1n) is 8.93. The molecule has 0 radical (unpaired) electrons. The van der Waals surface area contributed by atoms with Gasteiger partial charge in [-0.25, -0.2) is 0 Å². The minimum atomic E-state index is -0.312. The molecule has 0 saturated heterocycles. The first-order valence-corrected chi connectivity index (χ1v) is 8.93. The smallest absolute Gasteiger partial charge is 0.250 e. The van der Waals surface area contributed by atoms with Gasteiger partial charge in [0.15, 0.2) is 0 Å². The fourth-order valence-electron chi connectivity index (χ4n) is 3.02. The SMILES string of the molecule is COCC(=O)Nc1ccc(NC(C)C(=O)NC2CCC(C)CC2)cc1. The maximum absolute atomic E-state index is 12.3. The van der Waals surface area contributed by atoms with E-state index < -0.39 is 0 Å². The van der Waals surface area contributed by atoms with Gasteiger partial charge in [0.2, 0.25) is 11.8 Å². The Morgan fingerprint density at radius 1 is 1.12 bits per heavy atom. The van der Waals surface area contributed by atoms with Crippen LogP contribution in [0.15, 0.2) is 24.3 Å². The van der Waals surface area contributed by atoms with Crippen molar-refractivity contribution in [3.05, 3.63) is 24.3 Å². The summed E-state index contributed by atoms with van der Waals surface area (Å²) in [6, 6.07) is 7.26. The molecule has 25 heavy (non-hydrogen) atoms. The van der Waals surface area contributed by atoms with E-state index in [2.05, 4.69) is 22.9 Å². The molecule has 1 aliphatic carbocycles. The van der Waals surface area contributed by atoms with Crippen molar-refractivity contribution in [2.45, 2.75) is 51.6 Å². The minimum absolute atomic E-state index is 0.0250. The number of carbonyl (C=O) groups excluding carboxylic acids is 2. The summed E-state index contributed by atoms with van der Waals surface area (Å²) in [5.41, 5.74) is 1.53. The molecule has 0 spiro atoms. The summed E-state index contributed by atoms with van der Waals surface area (Å²) in [4.78, 5) is 23.8. The van der Waals surface area contributed by atoms with Gasteiger partial charge in [0, 0.05) is 24.5 Å². The zero-order valence-corrected chi connectivity index (χ0v) is 15.3. The highest BCUT2D eigenvalue weighted by molar-refractivity contribution is 5.92. The van der Waals surface area contributed by atoms with E-state index in [1.165, 1.54) is 20.0 Å². The molecule has 0 bridgehead atoms. The fourth-order valence-corrected chi connectivity index (χ4v) is 3.02. The Morgan fingerprint density at radius 3 is 2.32 bits per heavy atom. The topological polar surface area (TPSA) is 79.5 Å². The Morgan fingerprint density at radius 2 is 1.72 bits per heavy atom. The molecule has 2 amide bonds. The van der Waals surface area contributed by atoms with Crippen molar-refractivity contribution in [3.63, 3.8) is 0 Å². The third kappa shape index (κ3) is 6.38. The monoisotopic (exact) mass is 347 g/mol. The summed E-state index contributed by atoms with van der Waals surface area (Å²) in [5.74, 6) is 0.598. The van der Waals surface area contributed by atoms with E-state index in [4.69, 9.17) is 4.74 Å². The highest BCUT2D eigenvalue weighted by atomic mass is 16.5. The number of carbonyl (C=O) groups is 2. The van der Waals surface area contributed by atoms with Gasteiger partial charge in [-0.3, -0.25) is 9.59 Å². The van der Waals surface area contributed by atoms with Gasteiger partial charge in [-0.05, 0) is 62.8 Å². The number of hydrogen-bond donors (Lipinski definition) is 3. The summed E-state index contributed by atoms with van der Waals surface area (Å²) in [6.07, 6.45) is 4.50. The highest BCUT2D eigenvalue weighted by Crippen LogP contribution is 2.23. The Kier molecular flexibility index (Phi) is 7.25. The lowest BCUT2D eigenvalue weighted by molar-refractivity contribution is -0.122. The van der Waals surface area contributed by atoms with Crippen LogP contribution in [-0.2, 0) is 14.3 Å². The van der Waals surface area contributed by atoms with E-state index in [9.17, 15) is 9.59 Å². The van der Waals surface area contributed by atoms with Crippen LogP contribution in [0, 0.1) is 5.92 Å². The van der Waals surface area contributed by atoms with Gasteiger partial charge < -0.3 is 20.7 Å². The third-order valence-electron chi connectivity index (χ3n) is 4.58. The molecule has 0 aliphatic heterocycles. The predicted octanol–water partition coefficient (Wildman–Crippen LogP) is 2.77. The normalized spacial score (nSPS) is 21.2. The maximum Gasteiger partial charge on any atom is 0.250 e. The van der Waals surface area contributed by atoms with E-state index in [1.54, 1.807) is 12.1 Å². The van der Waals surface area contributed by atoms with Crippen molar-refractivity contribution < 1.29 is 14.3 Å². The van der Waals surface area contributed by atoms with Gasteiger partial charge in [-0.15, -0.1) is 0 Å². The van der Waals surface area contributed by atoms with Crippen molar-refractivity contribution in [1.82, 2.24) is 5.32 Å². The van der Waals surface area contributed by atoms with Crippen LogP contribution in [0.5, 0.6) is 0 Å². The predicted molar refractivity (Wildman–Crippen MR) is 99.6 cm³/mol. The number of methoxy groups -OCH3 is 1. The van der Waals surface area contributed by atoms with Gasteiger partial charge in [0.1, 0.15) is 12.6 Å². The first-order chi connectivity index (χ1) is 12.0. The van der Waals surface area contributed by atoms with E-state index in [0.29, 0.717) is 11.7 Å². The second-order valence-corrected chi connectivity index (χ2v) is 6.89. The van der Waals surface area contributed by atoms with Crippen molar-refractivity contribution >= 4 is 23.2 Å². The van der Waals surface area contributed by atoms with Crippen LogP contribution in [-0.4, -0.2) is 37.6 Å². The number of amides is 2. The summed E-state index contributed by atoms with van der Waals surface area (Å²) < 4.78 is 4.78. The molecule has 0 aromatic heterocycles. The number of benzene rings is 1. The minimum Gasteiger partial charge on any atom is -0.375 e. The zero-order chi connectivity index (χ0) is 18.2. The molecule has 1 aromatic carbocycles. The van der Waals surface area contributed by atoms with Gasteiger partial charge in [-0.1, -0.05) is 6.92 Å². The number of nitrogens with one attached hydrogen (secondary N) is 3. The van der Waals surface area contributed by atoms with Crippen LogP contribution in [0.2, 0.25) is 0 Å². The van der Waals surface area contributed by atoms with Gasteiger partial charge in [0.25, 0.3) is 0 Å². The Bertz CT molecular complexity index is 566. The summed E-state index contributed by atoms with van der Waals surface area (Å²) in [7, 11) is 1.48. The van der Waals surface area contributed by atoms with Crippen LogP contribution in [0.25, 0.3) is 0 Å². The molecule has 0 heterocycles. The number of anilines is 2. The largest absolute Gasteiger partial charge is 0.375 e. The third-order valence-corrected chi connectivity index (χ3v) is 4.58. The molecule has 1 aliphatic rings. The molecule has 6 nitrogen and oxygen atoms in total. The quantitative estimate of drug-likeness (QED) is 0.709. The molecule has 1 saturated carbocycles. The average molecular weight is 347 g/mol. The fraction of sp³-hybridized carbons (Fsp3) is 0.579. The molecule has 6 heteroatoms. The molecule has 1 aromatic rings. The Balaban J connectivity index is 1.80. The molecule has 2 rings (SSSR count). The molecule has 3 N–H and O–H groups in total. The Hall–Kier alpha value is -2.08. The van der Waals surface area contributed by atoms with Crippen molar-refractivity contribution in [2.24, 2.45) is 5.92 Å². The lowest BCUT2D eigenvalue weighted by Crippen LogP contribution is -2.44. The maximum atomic E-state index is 12.3. The molecule has 1 unspecified atom stereocenters. The van der Waals surface area contributed by atoms with Gasteiger partial charge >= 0.3 is 0 Å². The first kappa shape index (κ1) is 19.2. The standard InChI is InChI=1S/C19H29N3O3/c1-13-4-6-17(7-5-13)22-19(24)14(2)20-15-8-10-16(11-9-15)21-18(23)12-25-3/h8-11,13-14,17,20H,4-7,12H2,1-3H3,(H,21,23)(H,22,24). The number of rotatable bonds is 7. The molecule has 1 atom stereocenters. The molecular weight excluding hydrogens is 318 g/mol. The van der Waals surface area contributed by atoms with Crippen LogP contribution in [0.1, 0.15) is 39.5 Å². The lowest BCUT2D eigenvalue weighted by Gasteiger charge is -2.28. The lowest BCUT2D eigenvalue weighted by atomic mass is 9.87. The van der Waals surface area contributed by atoms with E-state index >= 15 is 0 Å². The van der Waals surface area contributed by atoms with Gasteiger partial charge in [-0.2, -0.15) is 0 Å². The van der Waals surface area contributed by atoms with Crippen molar-refractivity contribution in [3.8, 4) is 0 Å². The van der Waals surface area contributed by atoms with Crippen molar-refractivity contribution in [2.75, 3.05) is 24.4 Å². The van der Waals surface area contributed by atoms with Gasteiger partial charge in [0.05, 0.1) is 0 Å². The zero-order valence-electron chi connectivity index (χ0n) is 15.3. The second kappa shape index (κ2) is 9.42. The summed E-state index contributed by atoms with van der Waals surface area (Å²) in [5, 5.41) is 9.07. The highest BCUT2D eigenvalue weighted by Gasteiger charge is 2.22. The van der Waals surface area contributed by atoms with E-state index in [0.717, 1.165) is 24.4 Å². The van der Waals surface area contributed by atoms with Crippen LogP contribution in [0.4, 0.5) is 11.4 Å². The summed E-state index contributed by atoms with van der Waals surface area (Å²) >= 11 is 0. The van der Waals surface area contributed by atoms with Crippen LogP contribution < -0.4 is 16.0 Å². The van der Waals surface area contributed by atoms with Crippen molar-refractivity contribution in [1.29, 1.82) is 0 Å². The number of ether oxygens (including phenoxy) is 1. The molecule has 1 fully saturated rings. The Labute approximate surface area is 149 Å². The van der Waals surface area contributed by atoms with E-state index in [1.807, 2.05) is 19.1 Å². The summed E-state index contributed by atoms with van der Waals surface area (Å²) in [6.45, 7) is 4.15. The van der Waals surface area contributed by atoms with Crippen LogP contribution >= 0.6 is 0 Å². The average Bonchev–Trinajstić information content (AvgIpc) is 2.59. The number of hydrogen-bond acceptors (Lipinski definition) is 4. The van der Waals surface area contributed by atoms with Crippen LogP contribution in [0.3, 0.4) is 0 Å². The molecule has 138 valence electrons. The second-order valence-electron chi connectivity index (χ2n) is 6.89. The van der Waals surface area contributed by atoms with E-state index in [-0.39, 0.29) is 24.5 Å². The molecular formula is C19H29N3O3.